The van der Waals surface area contributed by atoms with Crippen molar-refractivity contribution in [2.24, 2.45) is 5.92 Å². The molecular weight excluding hydrogens is 348 g/mol. The largest absolute Gasteiger partial charge is 0.360 e. The Hall–Kier alpha value is -2.27. The fraction of sp³-hybridized carbons (Fsp3) is 0.571. The minimum absolute atomic E-state index is 0.0460. The molecule has 1 saturated heterocycles. The van der Waals surface area contributed by atoms with Crippen molar-refractivity contribution in [3.63, 3.8) is 0 Å². The summed E-state index contributed by atoms with van der Waals surface area (Å²) in [5.74, 6) is 0.0194. The van der Waals surface area contributed by atoms with E-state index >= 15 is 0 Å². The number of H-pyrrole nitrogens is 1. The summed E-state index contributed by atoms with van der Waals surface area (Å²) in [5.41, 5.74) is 0.297. The molecule has 3 heterocycles. The van der Waals surface area contributed by atoms with Crippen LogP contribution < -0.4 is 5.32 Å². The third-order valence-electron chi connectivity index (χ3n) is 4.38. The van der Waals surface area contributed by atoms with Gasteiger partial charge in [-0.1, -0.05) is 5.16 Å². The maximum Gasteiger partial charge on any atom is 0.248 e. The van der Waals surface area contributed by atoms with Gasteiger partial charge in [0.2, 0.25) is 15.9 Å². The fourth-order valence-corrected chi connectivity index (χ4v) is 4.96. The number of hydrogen-bond donors (Lipinski definition) is 2. The van der Waals surface area contributed by atoms with Crippen molar-refractivity contribution in [3.8, 4) is 0 Å². The molecule has 10 nitrogen and oxygen atoms in total. The zero-order chi connectivity index (χ0) is 18.4. The van der Waals surface area contributed by atoms with Crippen LogP contribution in [0.2, 0.25) is 0 Å². The highest BCUT2D eigenvalue weighted by atomic mass is 32.2. The molecular formula is C14H20N6O4S. The molecule has 11 heteroatoms. The van der Waals surface area contributed by atoms with Crippen molar-refractivity contribution < 1.29 is 17.7 Å². The van der Waals surface area contributed by atoms with Gasteiger partial charge in [0.1, 0.15) is 16.4 Å². The fourth-order valence-electron chi connectivity index (χ4n) is 3.17. The summed E-state index contributed by atoms with van der Waals surface area (Å²) in [5, 5.41) is 13.1. The molecule has 2 unspecified atom stereocenters. The van der Waals surface area contributed by atoms with Gasteiger partial charge in [0, 0.05) is 26.1 Å². The van der Waals surface area contributed by atoms with E-state index in [-0.39, 0.29) is 29.7 Å². The Morgan fingerprint density at radius 3 is 2.56 bits per heavy atom. The van der Waals surface area contributed by atoms with Gasteiger partial charge < -0.3 is 9.84 Å². The van der Waals surface area contributed by atoms with E-state index in [1.54, 1.807) is 20.8 Å². The predicted octanol–water partition coefficient (Wildman–Crippen LogP) is -0.132. The second-order valence-electron chi connectivity index (χ2n) is 6.08. The van der Waals surface area contributed by atoms with E-state index in [0.717, 1.165) is 0 Å². The second kappa shape index (κ2) is 6.23. The SMILES string of the molecule is CNC(=O)C1CN(S(=O)(=O)c2c(C)noc2C)CC1c1n[nH]c(C)n1. The first kappa shape index (κ1) is 17.5. The molecule has 0 aliphatic carbocycles. The quantitative estimate of drug-likeness (QED) is 0.767. The summed E-state index contributed by atoms with van der Waals surface area (Å²) < 4.78 is 32.3. The normalized spacial score (nSPS) is 21.6. The summed E-state index contributed by atoms with van der Waals surface area (Å²) >= 11 is 0. The van der Waals surface area contributed by atoms with Crippen molar-refractivity contribution in [1.29, 1.82) is 0 Å². The van der Waals surface area contributed by atoms with Crippen LogP contribution in [-0.2, 0) is 14.8 Å². The molecule has 0 radical (unpaired) electrons. The van der Waals surface area contributed by atoms with E-state index < -0.39 is 21.9 Å². The lowest BCUT2D eigenvalue weighted by atomic mass is 9.94. The number of carbonyl (C=O) groups is 1. The number of aromatic amines is 1. The Balaban J connectivity index is 1.98. The summed E-state index contributed by atoms with van der Waals surface area (Å²) in [6, 6.07) is 0. The molecule has 2 aromatic heterocycles. The van der Waals surface area contributed by atoms with Crippen molar-refractivity contribution in [1.82, 2.24) is 30.0 Å². The molecule has 1 aliphatic rings. The molecule has 25 heavy (non-hydrogen) atoms. The van der Waals surface area contributed by atoms with Gasteiger partial charge in [0.25, 0.3) is 0 Å². The van der Waals surface area contributed by atoms with Crippen LogP contribution in [0.1, 0.15) is 29.0 Å². The molecule has 0 aromatic carbocycles. The van der Waals surface area contributed by atoms with Gasteiger partial charge in [0.05, 0.1) is 5.92 Å². The van der Waals surface area contributed by atoms with Crippen LogP contribution >= 0.6 is 0 Å². The Kier molecular flexibility index (Phi) is 4.37. The summed E-state index contributed by atoms with van der Waals surface area (Å²) in [6.45, 7) is 5.03. The van der Waals surface area contributed by atoms with E-state index in [0.29, 0.717) is 17.3 Å². The number of hydrogen-bond acceptors (Lipinski definition) is 7. The van der Waals surface area contributed by atoms with E-state index in [4.69, 9.17) is 4.52 Å². The maximum atomic E-state index is 13.0. The molecule has 136 valence electrons. The summed E-state index contributed by atoms with van der Waals surface area (Å²) in [7, 11) is -2.31. The van der Waals surface area contributed by atoms with Crippen LogP contribution in [-0.4, -0.2) is 59.1 Å². The van der Waals surface area contributed by atoms with Crippen LogP contribution in [0.4, 0.5) is 0 Å². The van der Waals surface area contributed by atoms with E-state index in [1.165, 1.54) is 11.4 Å². The molecule has 3 rings (SSSR count). The third kappa shape index (κ3) is 2.93. The van der Waals surface area contributed by atoms with Gasteiger partial charge in [-0.15, -0.1) is 0 Å². The van der Waals surface area contributed by atoms with Crippen molar-refractivity contribution >= 4 is 15.9 Å². The number of nitrogens with zero attached hydrogens (tertiary/aromatic N) is 4. The molecule has 2 aromatic rings. The minimum atomic E-state index is -3.83. The molecule has 1 fully saturated rings. The standard InChI is InChI=1S/C14H20N6O4S/c1-7-12(8(2)24-19-7)25(22,23)20-5-10(11(6-20)14(21)15-4)13-16-9(3)17-18-13/h10-11H,5-6H2,1-4H3,(H,15,21)(H,16,17,18). The lowest BCUT2D eigenvalue weighted by Gasteiger charge is -2.15. The van der Waals surface area contributed by atoms with Gasteiger partial charge in [-0.3, -0.25) is 9.89 Å². The summed E-state index contributed by atoms with van der Waals surface area (Å²) in [6.07, 6.45) is 0. The molecule has 1 amide bonds. The van der Waals surface area contributed by atoms with Crippen LogP contribution in [0.15, 0.2) is 9.42 Å². The highest BCUT2D eigenvalue weighted by Crippen LogP contribution is 2.35. The van der Waals surface area contributed by atoms with E-state index in [9.17, 15) is 13.2 Å². The van der Waals surface area contributed by atoms with E-state index in [1.807, 2.05) is 0 Å². The van der Waals surface area contributed by atoms with Gasteiger partial charge in [-0.25, -0.2) is 13.4 Å². The highest BCUT2D eigenvalue weighted by molar-refractivity contribution is 7.89. The number of rotatable bonds is 4. The van der Waals surface area contributed by atoms with Crippen LogP contribution in [0.25, 0.3) is 0 Å². The molecule has 2 atom stereocenters. The average Bonchev–Trinajstić information content (AvgIpc) is 3.25. The minimum Gasteiger partial charge on any atom is -0.360 e. The number of carbonyl (C=O) groups excluding carboxylic acids is 1. The Bertz CT molecular complexity index is 883. The van der Waals surface area contributed by atoms with E-state index in [2.05, 4.69) is 25.7 Å². The van der Waals surface area contributed by atoms with Crippen LogP contribution in [0.3, 0.4) is 0 Å². The summed E-state index contributed by atoms with van der Waals surface area (Å²) in [4.78, 5) is 16.6. The zero-order valence-corrected chi connectivity index (χ0v) is 15.2. The van der Waals surface area contributed by atoms with Crippen molar-refractivity contribution in [2.45, 2.75) is 31.6 Å². The smallest absolute Gasteiger partial charge is 0.248 e. The van der Waals surface area contributed by atoms with Gasteiger partial charge in [-0.05, 0) is 20.8 Å². The van der Waals surface area contributed by atoms with Gasteiger partial charge in [-0.2, -0.15) is 9.40 Å². The third-order valence-corrected chi connectivity index (χ3v) is 6.46. The second-order valence-corrected chi connectivity index (χ2v) is 7.96. The van der Waals surface area contributed by atoms with Gasteiger partial charge in [0.15, 0.2) is 11.6 Å². The van der Waals surface area contributed by atoms with Crippen LogP contribution in [0.5, 0.6) is 0 Å². The average molecular weight is 368 g/mol. The predicted molar refractivity (Wildman–Crippen MR) is 86.2 cm³/mol. The number of aryl methyl sites for hydroxylation is 3. The number of amides is 1. The Morgan fingerprint density at radius 1 is 1.32 bits per heavy atom. The molecule has 1 aliphatic heterocycles. The zero-order valence-electron chi connectivity index (χ0n) is 14.4. The lowest BCUT2D eigenvalue weighted by molar-refractivity contribution is -0.124. The van der Waals surface area contributed by atoms with Gasteiger partial charge >= 0.3 is 0 Å². The number of aromatic nitrogens is 4. The molecule has 0 saturated carbocycles. The van der Waals surface area contributed by atoms with Crippen molar-refractivity contribution in [3.05, 3.63) is 23.1 Å². The van der Waals surface area contributed by atoms with Crippen LogP contribution in [0, 0.1) is 26.7 Å². The Labute approximate surface area is 145 Å². The first-order valence-electron chi connectivity index (χ1n) is 7.79. The first-order valence-corrected chi connectivity index (χ1v) is 9.23. The highest BCUT2D eigenvalue weighted by Gasteiger charge is 2.46. The van der Waals surface area contributed by atoms with Crippen molar-refractivity contribution in [2.75, 3.05) is 20.1 Å². The molecule has 0 bridgehead atoms. The first-order chi connectivity index (χ1) is 11.8. The Morgan fingerprint density at radius 2 is 2.04 bits per heavy atom. The molecule has 2 N–H and O–H groups in total. The molecule has 0 spiro atoms. The topological polar surface area (TPSA) is 134 Å². The lowest BCUT2D eigenvalue weighted by Crippen LogP contribution is -2.34. The number of sulfonamides is 1. The maximum absolute atomic E-state index is 13.0. The number of nitrogens with one attached hydrogen (secondary N) is 2. The monoisotopic (exact) mass is 368 g/mol.